The van der Waals surface area contributed by atoms with Gasteiger partial charge in [-0.2, -0.15) is 5.10 Å². The van der Waals surface area contributed by atoms with E-state index in [4.69, 9.17) is 4.98 Å². The first-order valence-corrected chi connectivity index (χ1v) is 9.26. The summed E-state index contributed by atoms with van der Waals surface area (Å²) in [7, 11) is 2.02. The normalized spacial score (nSPS) is 17.0. The van der Waals surface area contributed by atoms with Gasteiger partial charge >= 0.3 is 0 Å². The molecule has 3 aromatic rings. The van der Waals surface area contributed by atoms with Crippen molar-refractivity contribution in [3.8, 4) is 0 Å². The fourth-order valence-electron chi connectivity index (χ4n) is 4.03. The molecule has 0 spiro atoms. The predicted molar refractivity (Wildman–Crippen MR) is 103 cm³/mol. The molecule has 5 heteroatoms. The van der Waals surface area contributed by atoms with Gasteiger partial charge in [0.15, 0.2) is 0 Å². The second-order valence-corrected chi connectivity index (χ2v) is 7.05. The second kappa shape index (κ2) is 6.90. The molecule has 0 amide bonds. The summed E-state index contributed by atoms with van der Waals surface area (Å²) in [4.78, 5) is 11.8. The summed E-state index contributed by atoms with van der Waals surface area (Å²) < 4.78 is 1.99. The van der Waals surface area contributed by atoms with E-state index in [-0.39, 0.29) is 0 Å². The van der Waals surface area contributed by atoms with Gasteiger partial charge in [-0.3, -0.25) is 4.68 Å². The molecule has 1 fully saturated rings. The van der Waals surface area contributed by atoms with Crippen molar-refractivity contribution in [2.75, 3.05) is 11.4 Å². The maximum absolute atomic E-state index is 4.88. The van der Waals surface area contributed by atoms with E-state index in [1.54, 1.807) is 0 Å². The van der Waals surface area contributed by atoms with Crippen LogP contribution in [-0.2, 0) is 13.5 Å². The third kappa shape index (κ3) is 3.09. The highest BCUT2D eigenvalue weighted by molar-refractivity contribution is 5.45. The molecule has 1 aliphatic heterocycles. The standard InChI is InChI=1S/C21H25N5/c1-15-21(16(2)25(3)24-15)18-10-7-13-26(18)20-11-12-22-19(23-20)14-17-8-5-4-6-9-17/h4-6,8-9,11-12,18H,7,10,13-14H2,1-3H3. The van der Waals surface area contributed by atoms with Crippen molar-refractivity contribution in [3.63, 3.8) is 0 Å². The third-order valence-corrected chi connectivity index (χ3v) is 5.34. The van der Waals surface area contributed by atoms with Crippen LogP contribution in [0, 0.1) is 13.8 Å². The number of benzene rings is 1. The largest absolute Gasteiger partial charge is 0.349 e. The molecule has 1 saturated heterocycles. The monoisotopic (exact) mass is 347 g/mol. The Balaban J connectivity index is 1.63. The zero-order valence-corrected chi connectivity index (χ0v) is 15.7. The molecule has 0 N–H and O–H groups in total. The highest BCUT2D eigenvalue weighted by Crippen LogP contribution is 2.37. The lowest BCUT2D eigenvalue weighted by molar-refractivity contribution is 0.691. The van der Waals surface area contributed by atoms with Crippen molar-refractivity contribution in [2.24, 2.45) is 7.05 Å². The third-order valence-electron chi connectivity index (χ3n) is 5.34. The Morgan fingerprint density at radius 1 is 1.12 bits per heavy atom. The Labute approximate surface area is 154 Å². The molecule has 0 saturated carbocycles. The Hall–Kier alpha value is -2.69. The molecule has 1 unspecified atom stereocenters. The highest BCUT2D eigenvalue weighted by Gasteiger charge is 2.31. The van der Waals surface area contributed by atoms with Crippen LogP contribution in [-0.4, -0.2) is 26.3 Å². The lowest BCUT2D eigenvalue weighted by Crippen LogP contribution is -2.25. The van der Waals surface area contributed by atoms with Crippen LogP contribution in [0.5, 0.6) is 0 Å². The Morgan fingerprint density at radius 2 is 1.92 bits per heavy atom. The number of hydrogen-bond donors (Lipinski definition) is 0. The van der Waals surface area contributed by atoms with Crippen LogP contribution in [0.25, 0.3) is 0 Å². The van der Waals surface area contributed by atoms with Crippen molar-refractivity contribution in [1.82, 2.24) is 19.7 Å². The molecule has 3 heterocycles. The van der Waals surface area contributed by atoms with Crippen LogP contribution < -0.4 is 4.90 Å². The molecule has 1 atom stereocenters. The number of nitrogens with zero attached hydrogens (tertiary/aromatic N) is 5. The lowest BCUT2D eigenvalue weighted by Gasteiger charge is -2.26. The van der Waals surface area contributed by atoms with Crippen LogP contribution >= 0.6 is 0 Å². The minimum absolute atomic E-state index is 0.350. The van der Waals surface area contributed by atoms with Gasteiger partial charge in [-0.15, -0.1) is 0 Å². The molecule has 26 heavy (non-hydrogen) atoms. The summed E-state index contributed by atoms with van der Waals surface area (Å²) in [6.45, 7) is 5.30. The van der Waals surface area contributed by atoms with Crippen LogP contribution in [0.3, 0.4) is 0 Å². The summed E-state index contributed by atoms with van der Waals surface area (Å²) >= 11 is 0. The first kappa shape index (κ1) is 16.8. The fourth-order valence-corrected chi connectivity index (χ4v) is 4.03. The SMILES string of the molecule is Cc1nn(C)c(C)c1C1CCCN1c1ccnc(Cc2ccccc2)n1. The van der Waals surface area contributed by atoms with Gasteiger partial charge in [0, 0.05) is 37.5 Å². The minimum Gasteiger partial charge on any atom is -0.349 e. The van der Waals surface area contributed by atoms with E-state index < -0.39 is 0 Å². The molecule has 1 aromatic carbocycles. The number of aryl methyl sites for hydroxylation is 2. The first-order chi connectivity index (χ1) is 12.6. The van der Waals surface area contributed by atoms with Crippen molar-refractivity contribution in [2.45, 2.75) is 39.2 Å². The molecule has 1 aliphatic rings. The summed E-state index contributed by atoms with van der Waals surface area (Å²) in [5, 5.41) is 4.61. The van der Waals surface area contributed by atoms with Crippen molar-refractivity contribution in [1.29, 1.82) is 0 Å². The van der Waals surface area contributed by atoms with Crippen molar-refractivity contribution in [3.05, 3.63) is 70.9 Å². The van der Waals surface area contributed by atoms with Crippen LogP contribution in [0.1, 0.15) is 47.2 Å². The van der Waals surface area contributed by atoms with Gasteiger partial charge in [-0.05, 0) is 38.3 Å². The minimum atomic E-state index is 0.350. The lowest BCUT2D eigenvalue weighted by atomic mass is 10.0. The van der Waals surface area contributed by atoms with E-state index in [0.717, 1.165) is 36.7 Å². The van der Waals surface area contributed by atoms with E-state index in [9.17, 15) is 0 Å². The smallest absolute Gasteiger partial charge is 0.135 e. The fraction of sp³-hybridized carbons (Fsp3) is 0.381. The van der Waals surface area contributed by atoms with E-state index >= 15 is 0 Å². The second-order valence-electron chi connectivity index (χ2n) is 7.05. The Morgan fingerprint density at radius 3 is 2.65 bits per heavy atom. The molecule has 2 aromatic heterocycles. The summed E-state index contributed by atoms with van der Waals surface area (Å²) in [6.07, 6.45) is 4.97. The van der Waals surface area contributed by atoms with Crippen molar-refractivity contribution < 1.29 is 0 Å². The van der Waals surface area contributed by atoms with Gasteiger partial charge in [0.1, 0.15) is 11.6 Å². The zero-order valence-electron chi connectivity index (χ0n) is 15.7. The van der Waals surface area contributed by atoms with Crippen LogP contribution in [0.15, 0.2) is 42.6 Å². The summed E-state index contributed by atoms with van der Waals surface area (Å²) in [5.41, 5.74) is 4.97. The summed E-state index contributed by atoms with van der Waals surface area (Å²) in [5.74, 6) is 1.90. The molecule has 5 nitrogen and oxygen atoms in total. The van der Waals surface area contributed by atoms with Gasteiger partial charge in [0.2, 0.25) is 0 Å². The zero-order chi connectivity index (χ0) is 18.1. The topological polar surface area (TPSA) is 46.8 Å². The predicted octanol–water partition coefficient (Wildman–Crippen LogP) is 3.76. The van der Waals surface area contributed by atoms with Gasteiger partial charge in [0.05, 0.1) is 11.7 Å². The van der Waals surface area contributed by atoms with Gasteiger partial charge in [0.25, 0.3) is 0 Å². The molecule has 4 rings (SSSR count). The van der Waals surface area contributed by atoms with E-state index in [1.165, 1.54) is 23.2 Å². The van der Waals surface area contributed by atoms with E-state index in [0.29, 0.717) is 6.04 Å². The van der Waals surface area contributed by atoms with E-state index in [2.05, 4.69) is 53.1 Å². The Kier molecular flexibility index (Phi) is 4.45. The maximum atomic E-state index is 4.88. The van der Waals surface area contributed by atoms with Gasteiger partial charge < -0.3 is 4.90 Å². The van der Waals surface area contributed by atoms with Crippen molar-refractivity contribution >= 4 is 5.82 Å². The molecule has 0 aliphatic carbocycles. The number of anilines is 1. The quantitative estimate of drug-likeness (QED) is 0.721. The average molecular weight is 347 g/mol. The van der Waals surface area contributed by atoms with Gasteiger partial charge in [-0.25, -0.2) is 9.97 Å². The molecule has 0 radical (unpaired) electrons. The maximum Gasteiger partial charge on any atom is 0.135 e. The first-order valence-electron chi connectivity index (χ1n) is 9.26. The molecular formula is C21H25N5. The number of rotatable bonds is 4. The molecule has 134 valence electrons. The summed E-state index contributed by atoms with van der Waals surface area (Å²) in [6, 6.07) is 12.8. The highest BCUT2D eigenvalue weighted by atomic mass is 15.3. The number of hydrogen-bond acceptors (Lipinski definition) is 4. The van der Waals surface area contributed by atoms with Gasteiger partial charge in [-0.1, -0.05) is 30.3 Å². The van der Waals surface area contributed by atoms with Crippen LogP contribution in [0.2, 0.25) is 0 Å². The Bertz CT molecular complexity index is 900. The molecule has 0 bridgehead atoms. The number of aromatic nitrogens is 4. The van der Waals surface area contributed by atoms with E-state index in [1.807, 2.05) is 30.1 Å². The van der Waals surface area contributed by atoms with Crippen LogP contribution in [0.4, 0.5) is 5.82 Å². The molecular weight excluding hydrogens is 322 g/mol. The average Bonchev–Trinajstić information content (AvgIpc) is 3.21.